The zero-order valence-electron chi connectivity index (χ0n) is 38.4. The monoisotopic (exact) mass is 1040 g/mol. The lowest BCUT2D eigenvalue weighted by atomic mass is 10.1. The number of carbonyl (C=O) groups excluding carboxylic acids is 2. The second-order valence-electron chi connectivity index (χ2n) is 15.5. The molecule has 0 saturated heterocycles. The SMILES string of the molecule is COc1ccc(-c2cc(C(N)=O)nn2-c2ccc(S(N)(=O)=O)cc2)cc1.NC(=O)c1cc(-c2ccccc2)n(-c2ccc(S(N)(=O)=O)cc2)n1.NS(=O)(=O)c1ccc(-n2nc(CO)cc2-c2ccccc2)cc1. The van der Waals surface area contributed by atoms with E-state index in [4.69, 9.17) is 31.6 Å². The molecule has 374 valence electrons. The fraction of sp³-hybridized carbons (Fsp3) is 0.0408. The Hall–Kier alpha value is -8.62. The molecule has 0 saturated carbocycles. The van der Waals surface area contributed by atoms with Crippen LogP contribution in [0.2, 0.25) is 0 Å². The number of aromatic nitrogens is 6. The van der Waals surface area contributed by atoms with Gasteiger partial charge in [0.05, 0.1) is 68.2 Å². The van der Waals surface area contributed by atoms with Crippen LogP contribution in [0, 0.1) is 0 Å². The van der Waals surface area contributed by atoms with Gasteiger partial charge in [0.2, 0.25) is 30.1 Å². The number of nitrogens with two attached hydrogens (primary N) is 5. The highest BCUT2D eigenvalue weighted by Gasteiger charge is 2.19. The van der Waals surface area contributed by atoms with Crippen molar-refractivity contribution >= 4 is 41.9 Å². The molecule has 0 spiro atoms. The van der Waals surface area contributed by atoms with Crippen molar-refractivity contribution in [3.8, 4) is 56.6 Å². The standard InChI is InChI=1S/C17H16N4O4S.C16H14N4O3S.C16H15N3O3S/c1-25-13-6-2-11(3-7-13)16-10-15(17(18)22)20-21(16)12-4-8-14(9-5-12)26(19,23)24;17-16(21)14-10-15(11-4-2-1-3-5-11)20(19-14)12-6-8-13(9-7-12)24(18,22)23;17-23(21,22)15-8-6-14(7-9-15)19-16(10-13(11-20)18-19)12-4-2-1-3-5-12/h2-10H,1H3,(H2,18,22)(H2,19,23,24);1-10H,(H2,17,21)(H2,18,22,23);1-10,20H,11H2,(H2,17,21,22). The molecule has 6 aromatic carbocycles. The molecule has 0 unspecified atom stereocenters. The minimum absolute atomic E-state index is 0.00482. The Labute approximate surface area is 418 Å². The first-order chi connectivity index (χ1) is 34.6. The number of ether oxygens (including phenoxy) is 1. The third-order valence-corrected chi connectivity index (χ3v) is 13.4. The Balaban J connectivity index is 0.000000161. The fourth-order valence-corrected chi connectivity index (χ4v) is 8.57. The maximum absolute atomic E-state index is 11.5. The predicted molar refractivity (Wildman–Crippen MR) is 271 cm³/mol. The van der Waals surface area contributed by atoms with Crippen molar-refractivity contribution in [2.24, 2.45) is 26.9 Å². The maximum Gasteiger partial charge on any atom is 0.269 e. The molecule has 2 amide bonds. The summed E-state index contributed by atoms with van der Waals surface area (Å²) in [6.45, 7) is -0.178. The van der Waals surface area contributed by atoms with Crippen LogP contribution in [0.15, 0.2) is 191 Å². The van der Waals surface area contributed by atoms with E-state index in [1.165, 1.54) is 45.8 Å². The van der Waals surface area contributed by atoms with Crippen LogP contribution in [0.4, 0.5) is 0 Å². The lowest BCUT2D eigenvalue weighted by Gasteiger charge is -2.09. The third-order valence-electron chi connectivity index (χ3n) is 10.6. The lowest BCUT2D eigenvalue weighted by molar-refractivity contribution is 0.0987. The minimum atomic E-state index is -3.80. The largest absolute Gasteiger partial charge is 0.497 e. The van der Waals surface area contributed by atoms with E-state index < -0.39 is 41.9 Å². The van der Waals surface area contributed by atoms with E-state index in [-0.39, 0.29) is 32.7 Å². The second-order valence-corrected chi connectivity index (χ2v) is 20.2. The third kappa shape index (κ3) is 12.7. The molecule has 9 rings (SSSR count). The quantitative estimate of drug-likeness (QED) is 0.0941. The molecule has 0 fully saturated rings. The number of primary sulfonamides is 3. The van der Waals surface area contributed by atoms with Gasteiger partial charge in [-0.15, -0.1) is 0 Å². The number of amides is 2. The van der Waals surface area contributed by atoms with Gasteiger partial charge in [-0.25, -0.2) is 54.7 Å². The van der Waals surface area contributed by atoms with Crippen LogP contribution in [0.1, 0.15) is 26.7 Å². The zero-order chi connectivity index (χ0) is 52.7. The minimum Gasteiger partial charge on any atom is -0.497 e. The molecule has 0 aliphatic heterocycles. The molecule has 21 nitrogen and oxygen atoms in total. The van der Waals surface area contributed by atoms with Crippen LogP contribution in [-0.2, 0) is 36.7 Å². The number of benzene rings is 6. The van der Waals surface area contributed by atoms with Gasteiger partial charge in [0.1, 0.15) is 5.75 Å². The van der Waals surface area contributed by atoms with Gasteiger partial charge in [0.15, 0.2) is 11.4 Å². The number of sulfonamides is 3. The Morgan fingerprint density at radius 2 is 0.781 bits per heavy atom. The fourth-order valence-electron chi connectivity index (χ4n) is 7.03. The molecule has 0 radical (unpaired) electrons. The van der Waals surface area contributed by atoms with Crippen molar-refractivity contribution in [3.63, 3.8) is 0 Å². The van der Waals surface area contributed by atoms with Crippen LogP contribution in [-0.4, -0.2) is 78.6 Å². The number of rotatable bonds is 13. The van der Waals surface area contributed by atoms with Gasteiger partial charge in [0, 0.05) is 16.7 Å². The predicted octanol–water partition coefficient (Wildman–Crippen LogP) is 4.26. The van der Waals surface area contributed by atoms with Gasteiger partial charge >= 0.3 is 0 Å². The van der Waals surface area contributed by atoms with Gasteiger partial charge in [-0.05, 0) is 115 Å². The van der Waals surface area contributed by atoms with E-state index in [1.54, 1.807) is 78.5 Å². The number of hydrogen-bond acceptors (Lipinski definition) is 13. The average molecular weight is 1040 g/mol. The van der Waals surface area contributed by atoms with Crippen molar-refractivity contribution in [1.82, 2.24) is 29.3 Å². The number of aliphatic hydroxyl groups is 1. The van der Waals surface area contributed by atoms with E-state index in [2.05, 4.69) is 15.3 Å². The number of aliphatic hydroxyl groups excluding tert-OH is 1. The summed E-state index contributed by atoms with van der Waals surface area (Å²) in [6.07, 6.45) is 0. The summed E-state index contributed by atoms with van der Waals surface area (Å²) >= 11 is 0. The summed E-state index contributed by atoms with van der Waals surface area (Å²) < 4.78 is 78.0. The number of methoxy groups -OCH3 is 1. The second kappa shape index (κ2) is 21.8. The van der Waals surface area contributed by atoms with Gasteiger partial charge < -0.3 is 21.3 Å². The van der Waals surface area contributed by atoms with Crippen LogP contribution in [0.5, 0.6) is 5.75 Å². The molecular formula is C49H45N11O10S3. The topological polar surface area (TPSA) is 350 Å². The number of carbonyl (C=O) groups is 2. The molecule has 0 aliphatic carbocycles. The number of primary amides is 2. The van der Waals surface area contributed by atoms with Gasteiger partial charge in [0.25, 0.3) is 11.8 Å². The average Bonchev–Trinajstić information content (AvgIpc) is 4.16. The first-order valence-electron chi connectivity index (χ1n) is 21.3. The Morgan fingerprint density at radius 3 is 1.08 bits per heavy atom. The van der Waals surface area contributed by atoms with E-state index in [0.29, 0.717) is 39.9 Å². The summed E-state index contributed by atoms with van der Waals surface area (Å²) in [5.41, 5.74) is 17.8. The first kappa shape index (κ1) is 52.2. The highest BCUT2D eigenvalue weighted by Crippen LogP contribution is 2.28. The molecule has 3 heterocycles. The molecule has 11 N–H and O–H groups in total. The van der Waals surface area contributed by atoms with Crippen molar-refractivity contribution in [1.29, 1.82) is 0 Å². The molecule has 73 heavy (non-hydrogen) atoms. The molecule has 9 aromatic rings. The maximum atomic E-state index is 11.5. The van der Waals surface area contributed by atoms with Crippen molar-refractivity contribution < 1.29 is 44.7 Å². The summed E-state index contributed by atoms with van der Waals surface area (Å²) in [5.74, 6) is -0.626. The Morgan fingerprint density at radius 1 is 0.466 bits per heavy atom. The smallest absolute Gasteiger partial charge is 0.269 e. The van der Waals surface area contributed by atoms with Crippen molar-refractivity contribution in [2.45, 2.75) is 21.3 Å². The summed E-state index contributed by atoms with van der Waals surface area (Å²) in [6, 6.07) is 48.9. The van der Waals surface area contributed by atoms with Crippen LogP contribution in [0.3, 0.4) is 0 Å². The van der Waals surface area contributed by atoms with Crippen LogP contribution >= 0.6 is 0 Å². The van der Waals surface area contributed by atoms with Crippen LogP contribution < -0.4 is 31.6 Å². The lowest BCUT2D eigenvalue weighted by Crippen LogP contribution is -2.13. The Bertz CT molecular complexity index is 3760. The molecule has 0 atom stereocenters. The number of hydrogen-bond donors (Lipinski definition) is 6. The van der Waals surface area contributed by atoms with Crippen LogP contribution in [0.25, 0.3) is 50.8 Å². The number of nitrogens with zero attached hydrogens (tertiary/aromatic N) is 6. The van der Waals surface area contributed by atoms with Gasteiger partial charge in [-0.3, -0.25) is 9.59 Å². The van der Waals surface area contributed by atoms with Gasteiger partial charge in [-0.2, -0.15) is 15.3 Å². The van der Waals surface area contributed by atoms with E-state index in [9.17, 15) is 39.9 Å². The summed E-state index contributed by atoms with van der Waals surface area (Å²) in [7, 11) is -9.74. The molecule has 24 heteroatoms. The molecule has 3 aromatic heterocycles. The molecule has 0 aliphatic rings. The van der Waals surface area contributed by atoms with Crippen molar-refractivity contribution in [2.75, 3.05) is 7.11 Å². The Kier molecular flexibility index (Phi) is 15.6. The molecular weight excluding hydrogens is 999 g/mol. The van der Waals surface area contributed by atoms with Gasteiger partial charge in [-0.1, -0.05) is 60.7 Å². The van der Waals surface area contributed by atoms with E-state index in [1.807, 2.05) is 72.8 Å². The van der Waals surface area contributed by atoms with E-state index >= 15 is 0 Å². The highest BCUT2D eigenvalue weighted by molar-refractivity contribution is 7.89. The van der Waals surface area contributed by atoms with Crippen molar-refractivity contribution in [3.05, 3.63) is 193 Å². The zero-order valence-corrected chi connectivity index (χ0v) is 40.8. The summed E-state index contributed by atoms with van der Waals surface area (Å²) in [5, 5.41) is 37.5. The summed E-state index contributed by atoms with van der Waals surface area (Å²) in [4.78, 5) is 23.0. The molecule has 0 bridgehead atoms. The highest BCUT2D eigenvalue weighted by atomic mass is 32.2. The van der Waals surface area contributed by atoms with E-state index in [0.717, 1.165) is 22.4 Å². The normalized spacial score (nSPS) is 11.4. The first-order valence-corrected chi connectivity index (χ1v) is 25.9.